The highest BCUT2D eigenvalue weighted by molar-refractivity contribution is 5.96. The van der Waals surface area contributed by atoms with Crippen molar-refractivity contribution in [2.24, 2.45) is 0 Å². The maximum Gasteiger partial charge on any atom is 0.349 e. The Labute approximate surface area is 134 Å². The number of benzene rings is 1. The van der Waals surface area contributed by atoms with Crippen LogP contribution in [0.25, 0.3) is 11.0 Å². The molecule has 1 aromatic heterocycles. The van der Waals surface area contributed by atoms with Gasteiger partial charge in [-0.3, -0.25) is 4.79 Å². The number of rotatable bonds is 2. The monoisotopic (exact) mass is 312 g/mol. The Morgan fingerprint density at radius 3 is 2.65 bits per heavy atom. The van der Waals surface area contributed by atoms with Gasteiger partial charge in [-0.1, -0.05) is 18.2 Å². The van der Waals surface area contributed by atoms with Gasteiger partial charge >= 0.3 is 5.63 Å². The zero-order valence-corrected chi connectivity index (χ0v) is 13.1. The second-order valence-corrected chi connectivity index (χ2v) is 6.66. The molecule has 1 N–H and O–H groups in total. The number of amides is 1. The second kappa shape index (κ2) is 5.49. The zero-order chi connectivity index (χ0) is 16.0. The van der Waals surface area contributed by atoms with Gasteiger partial charge in [0.1, 0.15) is 11.1 Å². The highest BCUT2D eigenvalue weighted by atomic mass is 16.4. The van der Waals surface area contributed by atoms with Crippen LogP contribution in [0.15, 0.2) is 39.5 Å². The lowest BCUT2D eigenvalue weighted by Gasteiger charge is -2.35. The number of fused-ring (bicyclic) bond motifs is 3. The quantitative estimate of drug-likeness (QED) is 0.863. The van der Waals surface area contributed by atoms with Crippen molar-refractivity contribution in [2.75, 3.05) is 7.05 Å². The van der Waals surface area contributed by atoms with Crippen LogP contribution in [0.5, 0.6) is 0 Å². The number of piperidine rings is 1. The van der Waals surface area contributed by atoms with Gasteiger partial charge < -0.3 is 14.6 Å². The van der Waals surface area contributed by atoms with Crippen LogP contribution in [0.4, 0.5) is 0 Å². The molecule has 0 saturated carbocycles. The van der Waals surface area contributed by atoms with Crippen molar-refractivity contribution in [2.45, 2.75) is 43.8 Å². The van der Waals surface area contributed by atoms with Gasteiger partial charge in [-0.15, -0.1) is 0 Å². The molecule has 5 heteroatoms. The summed E-state index contributed by atoms with van der Waals surface area (Å²) in [5.41, 5.74) is 0.0751. The van der Waals surface area contributed by atoms with E-state index in [4.69, 9.17) is 4.42 Å². The van der Waals surface area contributed by atoms with Crippen LogP contribution in [-0.4, -0.2) is 36.0 Å². The minimum absolute atomic E-state index is 0.122. The molecule has 2 atom stereocenters. The fraction of sp³-hybridized carbons (Fsp3) is 0.444. The lowest BCUT2D eigenvalue weighted by molar-refractivity contribution is 0.0677. The van der Waals surface area contributed by atoms with Crippen LogP contribution < -0.4 is 10.9 Å². The van der Waals surface area contributed by atoms with E-state index in [2.05, 4.69) is 5.32 Å². The molecule has 3 heterocycles. The summed E-state index contributed by atoms with van der Waals surface area (Å²) in [6, 6.07) is 10.1. The minimum Gasteiger partial charge on any atom is -0.422 e. The Hall–Kier alpha value is -2.14. The molecule has 4 rings (SSSR count). The van der Waals surface area contributed by atoms with Gasteiger partial charge in [0.2, 0.25) is 0 Å². The normalized spacial score (nSPS) is 26.4. The molecular weight excluding hydrogens is 292 g/mol. The van der Waals surface area contributed by atoms with E-state index in [9.17, 15) is 9.59 Å². The highest BCUT2D eigenvalue weighted by Crippen LogP contribution is 2.29. The summed E-state index contributed by atoms with van der Waals surface area (Å²) >= 11 is 0. The van der Waals surface area contributed by atoms with Gasteiger partial charge in [0.15, 0.2) is 0 Å². The topological polar surface area (TPSA) is 62.6 Å². The summed E-state index contributed by atoms with van der Waals surface area (Å²) in [6.07, 6.45) is 4.28. The van der Waals surface area contributed by atoms with Crippen LogP contribution in [-0.2, 0) is 0 Å². The van der Waals surface area contributed by atoms with Crippen molar-refractivity contribution in [3.8, 4) is 0 Å². The van der Waals surface area contributed by atoms with E-state index in [1.165, 1.54) is 12.8 Å². The summed E-state index contributed by atoms with van der Waals surface area (Å²) in [6.45, 7) is 0. The van der Waals surface area contributed by atoms with Gasteiger partial charge in [0.25, 0.3) is 5.91 Å². The van der Waals surface area contributed by atoms with Crippen molar-refractivity contribution in [1.29, 1.82) is 0 Å². The zero-order valence-electron chi connectivity index (χ0n) is 13.1. The van der Waals surface area contributed by atoms with Crippen LogP contribution in [0.2, 0.25) is 0 Å². The third-order valence-electron chi connectivity index (χ3n) is 5.19. The molecule has 2 aliphatic heterocycles. The highest BCUT2D eigenvalue weighted by Gasteiger charge is 2.37. The van der Waals surface area contributed by atoms with Crippen molar-refractivity contribution in [3.05, 3.63) is 46.3 Å². The lowest BCUT2D eigenvalue weighted by Crippen LogP contribution is -2.49. The molecule has 0 aliphatic carbocycles. The van der Waals surface area contributed by atoms with E-state index in [1.54, 1.807) is 24.1 Å². The Morgan fingerprint density at radius 2 is 1.91 bits per heavy atom. The molecule has 2 unspecified atom stereocenters. The van der Waals surface area contributed by atoms with Gasteiger partial charge in [0, 0.05) is 30.6 Å². The summed E-state index contributed by atoms with van der Waals surface area (Å²) in [5, 5.41) is 4.34. The maximum absolute atomic E-state index is 12.8. The van der Waals surface area contributed by atoms with E-state index in [0.717, 1.165) is 18.2 Å². The molecule has 2 aromatic rings. The predicted octanol–water partition coefficient (Wildman–Crippen LogP) is 2.15. The first-order valence-corrected chi connectivity index (χ1v) is 8.18. The van der Waals surface area contributed by atoms with Gasteiger partial charge in [-0.2, -0.15) is 0 Å². The summed E-state index contributed by atoms with van der Waals surface area (Å²) in [7, 11) is 1.80. The van der Waals surface area contributed by atoms with E-state index < -0.39 is 5.63 Å². The Morgan fingerprint density at radius 1 is 1.22 bits per heavy atom. The molecule has 5 nitrogen and oxygen atoms in total. The van der Waals surface area contributed by atoms with E-state index in [1.807, 2.05) is 18.2 Å². The summed E-state index contributed by atoms with van der Waals surface area (Å²) in [5.74, 6) is -0.240. The molecular formula is C18H20N2O3. The second-order valence-electron chi connectivity index (χ2n) is 6.66. The number of carbonyl (C=O) groups excluding carboxylic acids is 1. The number of nitrogens with zero attached hydrogens (tertiary/aromatic N) is 1. The van der Waals surface area contributed by atoms with Crippen LogP contribution in [0.1, 0.15) is 36.0 Å². The lowest BCUT2D eigenvalue weighted by atomic mass is 9.98. The first-order chi connectivity index (χ1) is 11.1. The number of nitrogens with one attached hydrogen (secondary N) is 1. The Kier molecular flexibility index (Phi) is 3.45. The molecule has 0 spiro atoms. The fourth-order valence-corrected chi connectivity index (χ4v) is 3.91. The largest absolute Gasteiger partial charge is 0.422 e. The molecule has 2 aliphatic rings. The SMILES string of the molecule is CN(C(=O)c1cc2ccccc2oc1=O)C1CC2CCC(C1)N2. The standard InChI is InChI=1S/C18H20N2O3/c1-20(14-9-12-6-7-13(10-14)19-12)17(21)15-8-11-4-2-3-5-16(11)23-18(15)22/h2-5,8,12-14,19H,6-7,9-10H2,1H3. The average Bonchev–Trinajstić information content (AvgIpc) is 2.91. The van der Waals surface area contributed by atoms with Crippen molar-refractivity contribution in [1.82, 2.24) is 10.2 Å². The molecule has 2 saturated heterocycles. The first-order valence-electron chi connectivity index (χ1n) is 8.18. The van der Waals surface area contributed by atoms with Crippen molar-refractivity contribution >= 4 is 16.9 Å². The van der Waals surface area contributed by atoms with Crippen molar-refractivity contribution < 1.29 is 9.21 Å². The van der Waals surface area contributed by atoms with E-state index in [0.29, 0.717) is 17.7 Å². The number of hydrogen-bond donors (Lipinski definition) is 1. The van der Waals surface area contributed by atoms with E-state index >= 15 is 0 Å². The van der Waals surface area contributed by atoms with Gasteiger partial charge in [0.05, 0.1) is 0 Å². The third kappa shape index (κ3) is 2.55. The van der Waals surface area contributed by atoms with E-state index in [-0.39, 0.29) is 17.5 Å². The van der Waals surface area contributed by atoms with Crippen molar-refractivity contribution in [3.63, 3.8) is 0 Å². The minimum atomic E-state index is -0.558. The maximum atomic E-state index is 12.8. The third-order valence-corrected chi connectivity index (χ3v) is 5.19. The van der Waals surface area contributed by atoms with Crippen LogP contribution in [0.3, 0.4) is 0 Å². The first kappa shape index (κ1) is 14.5. The molecule has 1 aromatic carbocycles. The summed E-state index contributed by atoms with van der Waals surface area (Å²) < 4.78 is 5.29. The number of hydrogen-bond acceptors (Lipinski definition) is 4. The van der Waals surface area contributed by atoms with Gasteiger partial charge in [-0.25, -0.2) is 4.79 Å². The Bertz CT molecular complexity index is 801. The van der Waals surface area contributed by atoms with Gasteiger partial charge in [-0.05, 0) is 37.8 Å². The smallest absolute Gasteiger partial charge is 0.349 e. The van der Waals surface area contributed by atoms with Crippen LogP contribution in [0, 0.1) is 0 Å². The molecule has 120 valence electrons. The molecule has 2 bridgehead atoms. The Balaban J connectivity index is 1.63. The predicted molar refractivity (Wildman–Crippen MR) is 87.5 cm³/mol. The molecule has 1 amide bonds. The molecule has 23 heavy (non-hydrogen) atoms. The number of para-hydroxylation sites is 1. The molecule has 0 radical (unpaired) electrons. The summed E-state index contributed by atoms with van der Waals surface area (Å²) in [4.78, 5) is 26.7. The van der Waals surface area contributed by atoms with Crippen LogP contribution >= 0.6 is 0 Å². The number of carbonyl (C=O) groups is 1. The molecule has 2 fully saturated rings. The fourth-order valence-electron chi connectivity index (χ4n) is 3.91. The average molecular weight is 312 g/mol.